The first kappa shape index (κ1) is 15.9. The first-order valence-corrected chi connectivity index (χ1v) is 9.37. The van der Waals surface area contributed by atoms with E-state index in [2.05, 4.69) is 18.6 Å². The van der Waals surface area contributed by atoms with Gasteiger partial charge in [-0.25, -0.2) is 13.1 Å². The van der Waals surface area contributed by atoms with Gasteiger partial charge in [0.25, 0.3) is 0 Å². The lowest BCUT2D eigenvalue weighted by atomic mass is 9.78. The molecule has 0 spiro atoms. The van der Waals surface area contributed by atoms with Crippen LogP contribution in [-0.4, -0.2) is 19.6 Å². The number of sulfonamides is 1. The number of rotatable bonds is 4. The summed E-state index contributed by atoms with van der Waals surface area (Å²) in [5, 5.41) is 9.13. The molecular formula is C14H23NO3S2. The summed E-state index contributed by atoms with van der Waals surface area (Å²) in [6.45, 7) is 5.98. The number of aliphatic hydroxyl groups excluding tert-OH is 1. The molecule has 0 amide bonds. The molecule has 4 nitrogen and oxygen atoms in total. The van der Waals surface area contributed by atoms with Crippen LogP contribution in [0.1, 0.15) is 42.9 Å². The largest absolute Gasteiger partial charge is 0.391 e. The Morgan fingerprint density at radius 2 is 2.10 bits per heavy atom. The van der Waals surface area contributed by atoms with E-state index in [1.54, 1.807) is 13.0 Å². The fourth-order valence-corrected chi connectivity index (χ4v) is 5.74. The van der Waals surface area contributed by atoms with Crippen LogP contribution in [0.2, 0.25) is 0 Å². The van der Waals surface area contributed by atoms with Crippen LogP contribution in [-0.2, 0) is 16.6 Å². The van der Waals surface area contributed by atoms with Crippen LogP contribution in [0.25, 0.3) is 0 Å². The maximum atomic E-state index is 12.5. The smallest absolute Gasteiger partial charge is 0.241 e. The van der Waals surface area contributed by atoms with Gasteiger partial charge in [0.15, 0.2) is 0 Å². The van der Waals surface area contributed by atoms with E-state index in [9.17, 15) is 8.42 Å². The summed E-state index contributed by atoms with van der Waals surface area (Å²) >= 11 is 1.34. The second-order valence-corrected chi connectivity index (χ2v) is 8.81. The van der Waals surface area contributed by atoms with Crippen molar-refractivity contribution in [2.24, 2.45) is 11.8 Å². The molecule has 1 aromatic rings. The third-order valence-electron chi connectivity index (χ3n) is 4.38. The van der Waals surface area contributed by atoms with Crippen LogP contribution in [0.15, 0.2) is 11.0 Å². The number of hydrogen-bond donors (Lipinski definition) is 2. The van der Waals surface area contributed by atoms with E-state index >= 15 is 0 Å². The van der Waals surface area contributed by atoms with Gasteiger partial charge in [-0.3, -0.25) is 0 Å². The van der Waals surface area contributed by atoms with Gasteiger partial charge in [0.1, 0.15) is 0 Å². The minimum absolute atomic E-state index is 0.0145. The molecule has 20 heavy (non-hydrogen) atoms. The summed E-state index contributed by atoms with van der Waals surface area (Å²) in [6, 6.07) is 1.60. The van der Waals surface area contributed by atoms with Crippen molar-refractivity contribution in [3.8, 4) is 0 Å². The van der Waals surface area contributed by atoms with Gasteiger partial charge in [0.2, 0.25) is 10.0 Å². The van der Waals surface area contributed by atoms with Crippen molar-refractivity contribution < 1.29 is 13.5 Å². The molecule has 1 aliphatic carbocycles. The summed E-state index contributed by atoms with van der Waals surface area (Å²) in [5.41, 5.74) is 0. The van der Waals surface area contributed by atoms with E-state index in [4.69, 9.17) is 5.11 Å². The van der Waals surface area contributed by atoms with Crippen LogP contribution in [0.3, 0.4) is 0 Å². The Morgan fingerprint density at radius 1 is 1.40 bits per heavy atom. The van der Waals surface area contributed by atoms with Crippen LogP contribution in [0.5, 0.6) is 0 Å². The summed E-state index contributed by atoms with van der Waals surface area (Å²) in [6.07, 6.45) is 3.15. The van der Waals surface area contributed by atoms with Crippen molar-refractivity contribution in [3.63, 3.8) is 0 Å². The van der Waals surface area contributed by atoms with Crippen molar-refractivity contribution in [1.82, 2.24) is 4.72 Å². The molecule has 0 saturated heterocycles. The first-order chi connectivity index (χ1) is 9.35. The van der Waals surface area contributed by atoms with E-state index < -0.39 is 10.0 Å². The Bertz CT molecular complexity index is 565. The minimum Gasteiger partial charge on any atom is -0.391 e. The van der Waals surface area contributed by atoms with Crippen molar-refractivity contribution in [3.05, 3.63) is 15.8 Å². The second kappa shape index (κ2) is 6.13. The Kier molecular flexibility index (Phi) is 4.89. The highest BCUT2D eigenvalue weighted by atomic mass is 32.2. The summed E-state index contributed by atoms with van der Waals surface area (Å²) in [5.74, 6) is 0.905. The van der Waals surface area contributed by atoms with E-state index in [0.717, 1.165) is 17.7 Å². The lowest BCUT2D eigenvalue weighted by molar-refractivity contribution is 0.227. The SMILES string of the molecule is Cc1sc(CO)cc1S(=O)(=O)NC1CCCC(C)C1C. The molecule has 1 heterocycles. The highest BCUT2D eigenvalue weighted by molar-refractivity contribution is 7.89. The molecule has 1 saturated carbocycles. The van der Waals surface area contributed by atoms with Gasteiger partial charge in [0, 0.05) is 15.8 Å². The van der Waals surface area contributed by atoms with E-state index in [0.29, 0.717) is 21.6 Å². The van der Waals surface area contributed by atoms with E-state index in [1.165, 1.54) is 17.8 Å². The molecule has 3 unspecified atom stereocenters. The van der Waals surface area contributed by atoms with Crippen LogP contribution in [0, 0.1) is 18.8 Å². The zero-order valence-corrected chi connectivity index (χ0v) is 13.9. The molecule has 1 fully saturated rings. The number of nitrogens with one attached hydrogen (secondary N) is 1. The van der Waals surface area contributed by atoms with Crippen molar-refractivity contribution in [1.29, 1.82) is 0 Å². The van der Waals surface area contributed by atoms with Crippen LogP contribution < -0.4 is 4.72 Å². The quantitative estimate of drug-likeness (QED) is 0.897. The standard InChI is InChI=1S/C14H23NO3S2/c1-9-5-4-6-13(10(9)2)15-20(17,18)14-7-12(8-16)19-11(14)3/h7,9-10,13,15-16H,4-6,8H2,1-3H3. The van der Waals surface area contributed by atoms with Gasteiger partial charge >= 0.3 is 0 Å². The highest BCUT2D eigenvalue weighted by Crippen LogP contribution is 2.32. The fraction of sp³-hybridized carbons (Fsp3) is 0.714. The van der Waals surface area contributed by atoms with Crippen molar-refractivity contribution in [2.45, 2.75) is 57.6 Å². The molecule has 2 N–H and O–H groups in total. The summed E-state index contributed by atoms with van der Waals surface area (Å²) < 4.78 is 27.9. The normalized spacial score (nSPS) is 27.7. The molecule has 2 rings (SSSR count). The molecule has 6 heteroatoms. The first-order valence-electron chi connectivity index (χ1n) is 7.07. The Morgan fingerprint density at radius 3 is 2.70 bits per heavy atom. The van der Waals surface area contributed by atoms with Gasteiger partial charge in [-0.05, 0) is 31.2 Å². The monoisotopic (exact) mass is 317 g/mol. The molecule has 1 aromatic heterocycles. The summed E-state index contributed by atoms with van der Waals surface area (Å²) in [7, 11) is -3.49. The Balaban J connectivity index is 2.20. The third kappa shape index (κ3) is 3.24. The Labute approximate surface area is 125 Å². The molecule has 3 atom stereocenters. The van der Waals surface area contributed by atoms with Crippen molar-refractivity contribution in [2.75, 3.05) is 0 Å². The zero-order chi connectivity index (χ0) is 14.9. The molecular weight excluding hydrogens is 294 g/mol. The molecule has 0 aromatic carbocycles. The Hall–Kier alpha value is -0.430. The lowest BCUT2D eigenvalue weighted by Crippen LogP contribution is -2.43. The van der Waals surface area contributed by atoms with E-state index in [1.807, 2.05) is 0 Å². The van der Waals surface area contributed by atoms with Gasteiger partial charge in [0.05, 0.1) is 11.5 Å². The molecule has 0 aliphatic heterocycles. The molecule has 0 bridgehead atoms. The lowest BCUT2D eigenvalue weighted by Gasteiger charge is -2.34. The van der Waals surface area contributed by atoms with Crippen LogP contribution in [0.4, 0.5) is 0 Å². The van der Waals surface area contributed by atoms with E-state index in [-0.39, 0.29) is 12.6 Å². The number of thiophene rings is 1. The number of hydrogen-bond acceptors (Lipinski definition) is 4. The maximum Gasteiger partial charge on any atom is 0.241 e. The molecule has 0 radical (unpaired) electrons. The second-order valence-electron chi connectivity index (χ2n) is 5.79. The maximum absolute atomic E-state index is 12.5. The van der Waals surface area contributed by atoms with Gasteiger partial charge in [-0.1, -0.05) is 26.7 Å². The highest BCUT2D eigenvalue weighted by Gasteiger charge is 2.31. The van der Waals surface area contributed by atoms with Gasteiger partial charge < -0.3 is 5.11 Å². The predicted molar refractivity (Wildman–Crippen MR) is 81.3 cm³/mol. The number of aryl methyl sites for hydroxylation is 1. The molecule has 114 valence electrons. The fourth-order valence-electron chi connectivity index (χ4n) is 2.88. The van der Waals surface area contributed by atoms with Gasteiger partial charge in [-0.15, -0.1) is 11.3 Å². The zero-order valence-electron chi connectivity index (χ0n) is 12.2. The van der Waals surface area contributed by atoms with Crippen molar-refractivity contribution >= 4 is 21.4 Å². The third-order valence-corrected chi connectivity index (χ3v) is 7.16. The molecule has 1 aliphatic rings. The van der Waals surface area contributed by atoms with Crippen LogP contribution >= 0.6 is 11.3 Å². The summed E-state index contributed by atoms with van der Waals surface area (Å²) in [4.78, 5) is 1.74. The minimum atomic E-state index is -3.49. The van der Waals surface area contributed by atoms with Gasteiger partial charge in [-0.2, -0.15) is 0 Å². The predicted octanol–water partition coefficient (Wildman–Crippen LogP) is 2.65. The average molecular weight is 317 g/mol. The topological polar surface area (TPSA) is 66.4 Å². The number of aliphatic hydroxyl groups is 1. The average Bonchev–Trinajstić information content (AvgIpc) is 2.77.